The van der Waals surface area contributed by atoms with Gasteiger partial charge in [-0.25, -0.2) is 4.79 Å². The molecule has 0 atom stereocenters. The molecule has 3 heterocycles. The third kappa shape index (κ3) is 0.489. The first-order valence-electron chi connectivity index (χ1n) is 3.41. The largest absolute Gasteiger partial charge is 0.390 e. The lowest BCUT2D eigenvalue weighted by Crippen LogP contribution is -2.52. The molecule has 1 aromatic rings. The summed E-state index contributed by atoms with van der Waals surface area (Å²) in [7, 11) is 0. The Kier molecular flexibility index (Phi) is 0.806. The van der Waals surface area contributed by atoms with E-state index in [2.05, 4.69) is 0 Å². The number of aryl methyl sites for hydroxylation is 1. The minimum Gasteiger partial charge on any atom is -0.282 e. The fraction of sp³-hybridized carbons (Fsp3) is 0.833. The molecule has 0 amide bonds. The Balaban J connectivity index is 2.56. The molecule has 0 saturated carbocycles. The van der Waals surface area contributed by atoms with Gasteiger partial charge in [0.1, 0.15) is 0 Å². The molecule has 0 fully saturated rings. The van der Waals surface area contributed by atoms with E-state index in [0.717, 1.165) is 13.0 Å². The highest BCUT2D eigenvalue weighted by Crippen LogP contribution is 2.23. The molecule has 2 aliphatic rings. The minimum absolute atomic E-state index is 0.00347. The molecule has 1 aromatic heterocycles. The van der Waals surface area contributed by atoms with Crippen molar-refractivity contribution in [2.45, 2.75) is 32.4 Å². The van der Waals surface area contributed by atoms with E-state index in [1.165, 1.54) is 9.48 Å². The molecular weight excluding hydrogens is 132 g/mol. The Morgan fingerprint density at radius 2 is 2.30 bits per heavy atom. The van der Waals surface area contributed by atoms with Gasteiger partial charge in [0, 0.05) is 0 Å². The van der Waals surface area contributed by atoms with E-state index in [1.54, 1.807) is 0 Å². The van der Waals surface area contributed by atoms with E-state index >= 15 is 0 Å². The zero-order valence-corrected chi connectivity index (χ0v) is 6.13. The van der Waals surface area contributed by atoms with Crippen LogP contribution in [0.4, 0.5) is 0 Å². The first-order chi connectivity index (χ1) is 4.61. The second kappa shape index (κ2) is 1.38. The van der Waals surface area contributed by atoms with E-state index in [0.29, 0.717) is 0 Å². The zero-order chi connectivity index (χ0) is 7.35. The molecule has 2 aliphatic heterocycles. The lowest BCUT2D eigenvalue weighted by molar-refractivity contribution is -0.0874. The van der Waals surface area contributed by atoms with Gasteiger partial charge in [0.2, 0.25) is 0 Å². The molecule has 2 bridgehead atoms. The summed E-state index contributed by atoms with van der Waals surface area (Å²) in [6, 6.07) is 0. The highest BCUT2D eigenvalue weighted by Gasteiger charge is 2.33. The van der Waals surface area contributed by atoms with Crippen molar-refractivity contribution in [2.24, 2.45) is 0 Å². The van der Waals surface area contributed by atoms with Crippen LogP contribution in [-0.4, -0.2) is 9.48 Å². The quantitative estimate of drug-likeness (QED) is 0.525. The normalized spacial score (nSPS) is 21.4. The molecule has 0 aromatic carbocycles. The smallest absolute Gasteiger partial charge is 0.282 e. The first kappa shape index (κ1) is 5.82. The predicted octanol–water partition coefficient (Wildman–Crippen LogP) is 0.382. The van der Waals surface area contributed by atoms with Gasteiger partial charge in [-0.2, -0.15) is 0 Å². The van der Waals surface area contributed by atoms with E-state index < -0.39 is 0 Å². The van der Waals surface area contributed by atoms with Crippen LogP contribution in [0, 0.1) is 0 Å². The van der Waals surface area contributed by atoms with Gasteiger partial charge in [0.15, 0.2) is 0 Å². The van der Waals surface area contributed by atoms with E-state index in [1.807, 2.05) is 13.8 Å². The standard InChI is InChI=1S/C6H10N2O2/c1-6(2)3-4-7-5(9)8(6)10-7/h3-4H2,1-2H3. The minimum atomic E-state index is -0.105. The number of rotatable bonds is 0. The maximum atomic E-state index is 11.0. The second-order valence-electron chi connectivity index (χ2n) is 3.32. The molecule has 56 valence electrons. The van der Waals surface area contributed by atoms with E-state index in [9.17, 15) is 4.79 Å². The van der Waals surface area contributed by atoms with E-state index in [-0.39, 0.29) is 11.2 Å². The molecular formula is C6H10N2O2. The van der Waals surface area contributed by atoms with Crippen molar-refractivity contribution in [2.75, 3.05) is 0 Å². The summed E-state index contributed by atoms with van der Waals surface area (Å²) in [5.41, 5.74) is -0.109. The van der Waals surface area contributed by atoms with Crippen molar-refractivity contribution in [3.63, 3.8) is 0 Å². The maximum Gasteiger partial charge on any atom is 0.390 e. The molecule has 0 saturated heterocycles. The van der Waals surface area contributed by atoms with Crippen molar-refractivity contribution in [1.82, 2.24) is 9.48 Å². The van der Waals surface area contributed by atoms with Gasteiger partial charge in [-0.05, 0) is 20.3 Å². The third-order valence-corrected chi connectivity index (χ3v) is 2.04. The number of aromatic nitrogens is 2. The summed E-state index contributed by atoms with van der Waals surface area (Å²) in [6.45, 7) is 4.73. The Morgan fingerprint density at radius 3 is 2.60 bits per heavy atom. The Bertz CT molecular complexity index is 302. The van der Waals surface area contributed by atoms with Crippen LogP contribution in [0.3, 0.4) is 0 Å². The van der Waals surface area contributed by atoms with Gasteiger partial charge >= 0.3 is 5.69 Å². The van der Waals surface area contributed by atoms with Crippen molar-refractivity contribution in [3.8, 4) is 0 Å². The van der Waals surface area contributed by atoms with Crippen molar-refractivity contribution in [1.29, 1.82) is 0 Å². The average molecular weight is 142 g/mol. The lowest BCUT2D eigenvalue weighted by Gasteiger charge is -2.33. The Hall–Kier alpha value is -0.930. The Labute approximate surface area is 58.0 Å². The summed E-state index contributed by atoms with van der Waals surface area (Å²) >= 11 is 0. The molecule has 0 aliphatic carbocycles. The average Bonchev–Trinajstić information content (AvgIpc) is 1.84. The fourth-order valence-electron chi connectivity index (χ4n) is 1.22. The van der Waals surface area contributed by atoms with Crippen molar-refractivity contribution in [3.05, 3.63) is 10.5 Å². The van der Waals surface area contributed by atoms with Crippen LogP contribution in [-0.2, 0) is 12.1 Å². The van der Waals surface area contributed by atoms with Gasteiger partial charge < -0.3 is 0 Å². The highest BCUT2D eigenvalue weighted by molar-refractivity contribution is 4.80. The summed E-state index contributed by atoms with van der Waals surface area (Å²) in [6.07, 6.45) is 0.985. The molecule has 3 rings (SSSR count). The van der Waals surface area contributed by atoms with E-state index in [4.69, 9.17) is 4.63 Å². The number of hydrogen-bond acceptors (Lipinski definition) is 2. The summed E-state index contributed by atoms with van der Waals surface area (Å²) in [4.78, 5) is 11.0. The second-order valence-corrected chi connectivity index (χ2v) is 3.32. The summed E-state index contributed by atoms with van der Waals surface area (Å²) in [5.74, 6) is 0. The highest BCUT2D eigenvalue weighted by atomic mass is 16.7. The summed E-state index contributed by atoms with van der Waals surface area (Å²) in [5, 5.41) is 0. The number of nitrogens with zero attached hydrogens (tertiary/aromatic N) is 2. The molecule has 4 heteroatoms. The van der Waals surface area contributed by atoms with Gasteiger partial charge in [0.25, 0.3) is 0 Å². The summed E-state index contributed by atoms with van der Waals surface area (Å²) < 4.78 is 7.83. The van der Waals surface area contributed by atoms with Crippen LogP contribution >= 0.6 is 0 Å². The van der Waals surface area contributed by atoms with Crippen LogP contribution in [0.15, 0.2) is 9.42 Å². The monoisotopic (exact) mass is 142 g/mol. The predicted molar refractivity (Wildman–Crippen MR) is 34.9 cm³/mol. The third-order valence-electron chi connectivity index (χ3n) is 2.04. The van der Waals surface area contributed by atoms with Crippen molar-refractivity contribution < 1.29 is 4.63 Å². The molecule has 0 unspecified atom stereocenters. The molecule has 0 N–H and O–H groups in total. The molecule has 0 radical (unpaired) electrons. The SMILES string of the molecule is CC1(C)CCn2on1c2=O. The van der Waals surface area contributed by atoms with Gasteiger partial charge in [-0.1, -0.05) is 0 Å². The fourth-order valence-corrected chi connectivity index (χ4v) is 1.22. The van der Waals surface area contributed by atoms with Gasteiger partial charge in [0.05, 0.1) is 12.1 Å². The van der Waals surface area contributed by atoms with Gasteiger partial charge in [-0.3, -0.25) is 4.63 Å². The zero-order valence-electron chi connectivity index (χ0n) is 6.13. The lowest BCUT2D eigenvalue weighted by atomic mass is 10.0. The maximum absolute atomic E-state index is 11.0. The topological polar surface area (TPSA) is 40.1 Å². The number of fused-ring (bicyclic) bond motifs is 2. The Morgan fingerprint density at radius 1 is 1.60 bits per heavy atom. The first-order valence-corrected chi connectivity index (χ1v) is 3.41. The van der Waals surface area contributed by atoms with Crippen molar-refractivity contribution >= 4 is 0 Å². The van der Waals surface area contributed by atoms with Crippen LogP contribution in [0.25, 0.3) is 0 Å². The van der Waals surface area contributed by atoms with Crippen LogP contribution in [0.5, 0.6) is 0 Å². The van der Waals surface area contributed by atoms with Gasteiger partial charge in [-0.15, -0.1) is 9.48 Å². The molecule has 10 heavy (non-hydrogen) atoms. The molecule has 4 nitrogen and oxygen atoms in total. The van der Waals surface area contributed by atoms with Crippen LogP contribution in [0.2, 0.25) is 0 Å². The molecule has 0 spiro atoms. The van der Waals surface area contributed by atoms with Crippen LogP contribution < -0.4 is 5.69 Å². The number of hydrogen-bond donors (Lipinski definition) is 0. The van der Waals surface area contributed by atoms with Crippen LogP contribution in [0.1, 0.15) is 20.3 Å².